The second-order valence-corrected chi connectivity index (χ2v) is 6.49. The molecule has 1 N–H and O–H groups in total. The maximum atomic E-state index is 13.4. The van der Waals surface area contributed by atoms with E-state index in [1.54, 1.807) is 19.1 Å². The van der Waals surface area contributed by atoms with Gasteiger partial charge in [0.2, 0.25) is 0 Å². The smallest absolute Gasteiger partial charge is 0.305 e. The Morgan fingerprint density at radius 2 is 2.19 bits per heavy atom. The first-order chi connectivity index (χ1) is 12.4. The summed E-state index contributed by atoms with van der Waals surface area (Å²) in [6, 6.07) is 5.91. The predicted molar refractivity (Wildman–Crippen MR) is 93.6 cm³/mol. The monoisotopic (exact) mass is 360 g/mol. The van der Waals surface area contributed by atoms with Crippen molar-refractivity contribution in [1.29, 1.82) is 0 Å². The minimum atomic E-state index is -0.959. The zero-order valence-electron chi connectivity index (χ0n) is 14.6. The van der Waals surface area contributed by atoms with Gasteiger partial charge in [-0.05, 0) is 38.0 Å². The molecule has 0 saturated carbocycles. The number of nitrogens with zero attached hydrogens (tertiary/aromatic N) is 2. The summed E-state index contributed by atoms with van der Waals surface area (Å²) in [5.74, 6) is -1.62. The first kappa shape index (κ1) is 18.3. The van der Waals surface area contributed by atoms with Gasteiger partial charge in [0.05, 0.1) is 29.3 Å². The molecule has 1 aromatic carbocycles. The highest BCUT2D eigenvalue weighted by Crippen LogP contribution is 2.21. The minimum Gasteiger partial charge on any atom is -0.481 e. The summed E-state index contributed by atoms with van der Waals surface area (Å²) in [7, 11) is 0. The fourth-order valence-corrected chi connectivity index (χ4v) is 3.16. The summed E-state index contributed by atoms with van der Waals surface area (Å²) in [6.45, 7) is 2.81. The lowest BCUT2D eigenvalue weighted by molar-refractivity contribution is -0.137. The maximum absolute atomic E-state index is 13.4. The van der Waals surface area contributed by atoms with Crippen LogP contribution in [-0.4, -0.2) is 52.7 Å². The number of halogens is 1. The van der Waals surface area contributed by atoms with Gasteiger partial charge >= 0.3 is 5.97 Å². The summed E-state index contributed by atoms with van der Waals surface area (Å²) >= 11 is 0. The Morgan fingerprint density at radius 3 is 2.88 bits per heavy atom. The Kier molecular flexibility index (Phi) is 5.46. The van der Waals surface area contributed by atoms with Crippen molar-refractivity contribution >= 4 is 22.8 Å². The van der Waals surface area contributed by atoms with Crippen molar-refractivity contribution in [3.63, 3.8) is 0 Å². The number of carboxylic acid groups (broad SMARTS) is 1. The number of benzene rings is 1. The fourth-order valence-electron chi connectivity index (χ4n) is 3.16. The Labute approximate surface area is 150 Å². The molecule has 1 atom stereocenters. The molecule has 2 aromatic rings. The van der Waals surface area contributed by atoms with Crippen LogP contribution in [0.4, 0.5) is 4.39 Å². The molecular formula is C19H21FN2O4. The van der Waals surface area contributed by atoms with E-state index in [0.29, 0.717) is 35.3 Å². The van der Waals surface area contributed by atoms with Crippen molar-refractivity contribution in [2.24, 2.45) is 0 Å². The highest BCUT2D eigenvalue weighted by molar-refractivity contribution is 5.98. The summed E-state index contributed by atoms with van der Waals surface area (Å²) in [4.78, 5) is 29.8. The Morgan fingerprint density at radius 1 is 1.38 bits per heavy atom. The van der Waals surface area contributed by atoms with Crippen LogP contribution in [0.2, 0.25) is 0 Å². The Bertz CT molecular complexity index is 834. The molecule has 26 heavy (non-hydrogen) atoms. The van der Waals surface area contributed by atoms with Crippen molar-refractivity contribution < 1.29 is 23.8 Å². The molecule has 0 bridgehead atoms. The van der Waals surface area contributed by atoms with Gasteiger partial charge in [0.25, 0.3) is 5.91 Å². The normalized spacial score (nSPS) is 16.8. The van der Waals surface area contributed by atoms with Gasteiger partial charge in [0.15, 0.2) is 0 Å². The third kappa shape index (κ3) is 4.16. The second kappa shape index (κ2) is 7.78. The number of aliphatic carboxylic acids is 1. The molecule has 1 fully saturated rings. The zero-order chi connectivity index (χ0) is 18.7. The minimum absolute atomic E-state index is 0.0736. The Hall–Kier alpha value is -2.54. The number of ether oxygens (including phenoxy) is 1. The van der Waals surface area contributed by atoms with Crippen molar-refractivity contribution in [3.05, 3.63) is 41.3 Å². The molecule has 1 saturated heterocycles. The average Bonchev–Trinajstić information content (AvgIpc) is 3.10. The number of amides is 1. The number of fused-ring (bicyclic) bond motifs is 1. The van der Waals surface area contributed by atoms with Gasteiger partial charge in [-0.2, -0.15) is 0 Å². The van der Waals surface area contributed by atoms with Crippen LogP contribution >= 0.6 is 0 Å². The number of pyridine rings is 1. The van der Waals surface area contributed by atoms with Gasteiger partial charge in [-0.1, -0.05) is 0 Å². The number of aryl methyl sites for hydroxylation is 1. The molecule has 1 aromatic heterocycles. The molecule has 138 valence electrons. The van der Waals surface area contributed by atoms with Crippen molar-refractivity contribution in [1.82, 2.24) is 9.88 Å². The lowest BCUT2D eigenvalue weighted by atomic mass is 10.1. The van der Waals surface area contributed by atoms with Crippen LogP contribution in [-0.2, 0) is 9.53 Å². The van der Waals surface area contributed by atoms with E-state index in [0.717, 1.165) is 12.8 Å². The van der Waals surface area contributed by atoms with E-state index in [1.807, 2.05) is 0 Å². The largest absolute Gasteiger partial charge is 0.481 e. The Balaban J connectivity index is 1.88. The van der Waals surface area contributed by atoms with E-state index >= 15 is 0 Å². The number of aromatic nitrogens is 1. The van der Waals surface area contributed by atoms with Gasteiger partial charge in [-0.25, -0.2) is 4.39 Å². The van der Waals surface area contributed by atoms with Crippen molar-refractivity contribution in [2.75, 3.05) is 19.7 Å². The number of carbonyl (C=O) groups is 2. The van der Waals surface area contributed by atoms with Gasteiger partial charge in [-0.3, -0.25) is 14.6 Å². The summed E-state index contributed by atoms with van der Waals surface area (Å²) < 4.78 is 19.0. The van der Waals surface area contributed by atoms with Gasteiger partial charge < -0.3 is 14.7 Å². The molecule has 0 aliphatic carbocycles. The summed E-state index contributed by atoms with van der Waals surface area (Å²) in [6.07, 6.45) is 1.58. The summed E-state index contributed by atoms with van der Waals surface area (Å²) in [5, 5.41) is 9.64. The molecule has 1 aliphatic rings. The molecule has 3 rings (SSSR count). The van der Waals surface area contributed by atoms with Crippen LogP contribution in [0.3, 0.4) is 0 Å². The van der Waals surface area contributed by atoms with E-state index in [4.69, 9.17) is 9.84 Å². The maximum Gasteiger partial charge on any atom is 0.305 e. The zero-order valence-corrected chi connectivity index (χ0v) is 14.6. The highest BCUT2D eigenvalue weighted by Gasteiger charge is 2.25. The van der Waals surface area contributed by atoms with Crippen LogP contribution in [0.25, 0.3) is 10.9 Å². The van der Waals surface area contributed by atoms with Gasteiger partial charge in [0.1, 0.15) is 5.82 Å². The molecular weight excluding hydrogens is 339 g/mol. The molecule has 2 heterocycles. The fraction of sp³-hybridized carbons (Fsp3) is 0.421. The lowest BCUT2D eigenvalue weighted by Crippen LogP contribution is -2.39. The van der Waals surface area contributed by atoms with Gasteiger partial charge in [-0.15, -0.1) is 0 Å². The van der Waals surface area contributed by atoms with Crippen molar-refractivity contribution in [2.45, 2.75) is 32.3 Å². The molecule has 0 unspecified atom stereocenters. The molecule has 1 aliphatic heterocycles. The van der Waals surface area contributed by atoms with E-state index in [-0.39, 0.29) is 30.8 Å². The van der Waals surface area contributed by atoms with Crippen LogP contribution in [0.5, 0.6) is 0 Å². The molecule has 6 nitrogen and oxygen atoms in total. The van der Waals surface area contributed by atoms with E-state index in [9.17, 15) is 14.0 Å². The van der Waals surface area contributed by atoms with Crippen LogP contribution in [0.15, 0.2) is 24.3 Å². The summed E-state index contributed by atoms with van der Waals surface area (Å²) in [5.41, 5.74) is 1.36. The topological polar surface area (TPSA) is 79.7 Å². The SMILES string of the molecule is Cc1nc2cc(F)ccc2cc1C(=O)N(CCC(=O)O)C[C@H]1CCCO1. The lowest BCUT2D eigenvalue weighted by Gasteiger charge is -2.25. The average molecular weight is 360 g/mol. The highest BCUT2D eigenvalue weighted by atomic mass is 19.1. The number of hydrogen-bond acceptors (Lipinski definition) is 4. The van der Waals surface area contributed by atoms with Gasteiger partial charge in [0, 0.05) is 31.1 Å². The standard InChI is InChI=1S/C19H21FN2O4/c1-12-16(9-13-4-5-14(20)10-17(13)21-12)19(25)22(7-6-18(23)24)11-15-3-2-8-26-15/h4-5,9-10,15H,2-3,6-8,11H2,1H3,(H,23,24)/t15-/m1/s1. The first-order valence-corrected chi connectivity index (χ1v) is 8.63. The van der Waals surface area contributed by atoms with Crippen LogP contribution in [0, 0.1) is 12.7 Å². The third-order valence-corrected chi connectivity index (χ3v) is 4.53. The third-order valence-electron chi connectivity index (χ3n) is 4.53. The molecule has 7 heteroatoms. The van der Waals surface area contributed by atoms with Crippen LogP contribution in [0.1, 0.15) is 35.3 Å². The van der Waals surface area contributed by atoms with Crippen LogP contribution < -0.4 is 0 Å². The second-order valence-electron chi connectivity index (χ2n) is 6.49. The molecule has 0 radical (unpaired) electrons. The molecule has 1 amide bonds. The predicted octanol–water partition coefficient (Wildman–Crippen LogP) is 2.78. The number of carboxylic acids is 1. The number of hydrogen-bond donors (Lipinski definition) is 1. The van der Waals surface area contributed by atoms with Crippen molar-refractivity contribution in [3.8, 4) is 0 Å². The first-order valence-electron chi connectivity index (χ1n) is 8.63. The quantitative estimate of drug-likeness (QED) is 0.857. The van der Waals surface area contributed by atoms with E-state index in [2.05, 4.69) is 4.98 Å². The van der Waals surface area contributed by atoms with E-state index in [1.165, 1.54) is 17.0 Å². The number of carbonyl (C=O) groups excluding carboxylic acids is 1. The van der Waals surface area contributed by atoms with E-state index < -0.39 is 5.97 Å². The number of rotatable bonds is 6. The molecule has 0 spiro atoms.